The smallest absolute Gasteiger partial charge is 0.461 e. The van der Waals surface area contributed by atoms with Gasteiger partial charge in [-0.2, -0.15) is 0 Å². The van der Waals surface area contributed by atoms with E-state index in [1.165, 1.54) is 12.5 Å². The van der Waals surface area contributed by atoms with Gasteiger partial charge in [0.2, 0.25) is 0 Å². The van der Waals surface area contributed by atoms with Gasteiger partial charge in [0, 0.05) is 17.6 Å². The van der Waals surface area contributed by atoms with Gasteiger partial charge >= 0.3 is 37.0 Å². The minimum absolute atomic E-state index is 0.00362. The maximum atomic E-state index is 15.1. The van der Waals surface area contributed by atoms with Gasteiger partial charge in [-0.05, 0) is 87.0 Å². The number of urea groups is 1. The Balaban J connectivity index is 1.07. The van der Waals surface area contributed by atoms with Crippen LogP contribution in [0.4, 0.5) is 14.7 Å². The fourth-order valence-corrected chi connectivity index (χ4v) is 10.7. The highest BCUT2D eigenvalue weighted by Crippen LogP contribution is 2.66. The summed E-state index contributed by atoms with van der Waals surface area (Å²) in [5.74, 6) is -3.14. The largest absolute Gasteiger partial charge is 0.496 e. The van der Waals surface area contributed by atoms with Crippen LogP contribution in [0.15, 0.2) is 84.2 Å². The predicted molar refractivity (Wildman–Crippen MR) is 254 cm³/mol. The first-order valence-corrected chi connectivity index (χ1v) is 24.0. The summed E-state index contributed by atoms with van der Waals surface area (Å²) in [7, 11) is 0.555. The molecular formula is C50H58BN5O12S. The molecule has 9 rings (SSSR count). The van der Waals surface area contributed by atoms with Crippen molar-refractivity contribution >= 4 is 59.3 Å². The molecule has 2 unspecified atom stereocenters. The van der Waals surface area contributed by atoms with Crippen molar-refractivity contribution in [2.45, 2.75) is 110 Å². The number of hydrogen-bond acceptors (Lipinski definition) is 14. The second-order valence-electron chi connectivity index (χ2n) is 19.7. The minimum atomic E-state index is -1.50. The summed E-state index contributed by atoms with van der Waals surface area (Å²) in [6, 6.07) is 20.8. The van der Waals surface area contributed by atoms with E-state index >= 15 is 4.79 Å². The number of methoxy groups -OCH3 is 1. The van der Waals surface area contributed by atoms with E-state index in [-0.39, 0.29) is 78.7 Å². The minimum Gasteiger partial charge on any atom is -0.496 e. The van der Waals surface area contributed by atoms with Crippen LogP contribution < -0.4 is 15.4 Å². The number of ketones is 1. The molecule has 3 heterocycles. The average molecular weight is 964 g/mol. The van der Waals surface area contributed by atoms with Gasteiger partial charge < -0.3 is 28.8 Å². The van der Waals surface area contributed by atoms with Crippen LogP contribution in [0.1, 0.15) is 99.6 Å². The lowest BCUT2D eigenvalue weighted by molar-refractivity contribution is -0.201. The molecule has 0 radical (unpaired) electrons. The van der Waals surface area contributed by atoms with Gasteiger partial charge in [-0.1, -0.05) is 86.6 Å². The summed E-state index contributed by atoms with van der Waals surface area (Å²) < 4.78 is 30.7. The number of esters is 1. The predicted octanol–water partition coefficient (Wildman–Crippen LogP) is 7.71. The Kier molecular flexibility index (Phi) is 14.3. The molecule has 5 aliphatic rings. The molecule has 3 saturated carbocycles. The Morgan fingerprint density at radius 3 is 2.28 bits per heavy atom. The standard InChI is InChI=1S/C50H58BN5O12S/c1-48(2,3)66-44(60)35-20-14-19-32(41(35)63-7)23-34(51-67-39-25-33-24-38(49(33,4)5)50(39,6)68-51)26-37(57)40(36-29-69-45(52-36)54-47(62)64-27-30-15-10-8-11-16-30)53-46(61)55-21-22-56(43(59)42(55)58)65-28-31-17-12-9-13-18-31/h8-20,29,33-34,38-40H,21-28H2,1-7H3,(H,53,61)(H,52,54,62)/t33-,34-,38+,39?,40?,50+/m1/s1. The number of hydroxylamine groups is 2. The maximum absolute atomic E-state index is 15.1. The Hall–Kier alpha value is -6.15. The number of Topliss-reactive ketones (excluding diaryl/α,β-unsaturated/α-hetero) is 1. The van der Waals surface area contributed by atoms with E-state index in [1.807, 2.05) is 60.7 Å². The first-order valence-electron chi connectivity index (χ1n) is 23.1. The fourth-order valence-electron chi connectivity index (χ4n) is 10.0. The quantitative estimate of drug-likeness (QED) is 0.0629. The van der Waals surface area contributed by atoms with Gasteiger partial charge in [0.05, 0.1) is 37.6 Å². The van der Waals surface area contributed by atoms with Crippen LogP contribution in [0.2, 0.25) is 5.82 Å². The summed E-state index contributed by atoms with van der Waals surface area (Å²) in [5.41, 5.74) is 0.976. The maximum Gasteiger partial charge on any atom is 0.461 e. The van der Waals surface area contributed by atoms with Gasteiger partial charge in [-0.3, -0.25) is 29.4 Å². The van der Waals surface area contributed by atoms with Gasteiger partial charge in [-0.25, -0.2) is 24.4 Å². The van der Waals surface area contributed by atoms with Crippen molar-refractivity contribution in [2.24, 2.45) is 17.3 Å². The number of nitrogens with zero attached hydrogens (tertiary/aromatic N) is 3. The van der Waals surface area contributed by atoms with Crippen LogP contribution in [-0.4, -0.2) is 95.3 Å². The molecule has 4 aromatic rings. The molecule has 69 heavy (non-hydrogen) atoms. The summed E-state index contributed by atoms with van der Waals surface area (Å²) in [6.07, 6.45) is 0.614. The lowest BCUT2D eigenvalue weighted by Crippen LogP contribution is -2.65. The number of benzene rings is 3. The second kappa shape index (κ2) is 20.1. The summed E-state index contributed by atoms with van der Waals surface area (Å²) in [4.78, 5) is 93.4. The third-order valence-corrected chi connectivity index (χ3v) is 14.5. The van der Waals surface area contributed by atoms with Crippen molar-refractivity contribution in [1.82, 2.24) is 20.3 Å². The zero-order chi connectivity index (χ0) is 49.3. The lowest BCUT2D eigenvalue weighted by Gasteiger charge is -2.64. The van der Waals surface area contributed by atoms with Gasteiger partial charge in [0.15, 0.2) is 10.9 Å². The summed E-state index contributed by atoms with van der Waals surface area (Å²) in [6.45, 7) is 11.5. The number of amides is 5. The van der Waals surface area contributed by atoms with E-state index in [4.69, 9.17) is 28.4 Å². The molecule has 5 amide bonds. The van der Waals surface area contributed by atoms with Crippen LogP contribution in [-0.2, 0) is 57.6 Å². The first-order chi connectivity index (χ1) is 32.8. The van der Waals surface area contributed by atoms with Crippen molar-refractivity contribution in [3.63, 3.8) is 0 Å². The molecule has 364 valence electrons. The van der Waals surface area contributed by atoms with Crippen molar-refractivity contribution in [3.05, 3.63) is 112 Å². The number of aromatic nitrogens is 1. The Morgan fingerprint density at radius 1 is 0.913 bits per heavy atom. The number of imide groups is 1. The van der Waals surface area contributed by atoms with Crippen LogP contribution in [0.25, 0.3) is 0 Å². The third-order valence-electron chi connectivity index (χ3n) is 13.7. The molecule has 2 bridgehead atoms. The van der Waals surface area contributed by atoms with Crippen molar-refractivity contribution in [2.75, 3.05) is 25.5 Å². The van der Waals surface area contributed by atoms with Crippen molar-refractivity contribution in [1.29, 1.82) is 0 Å². The fraction of sp³-hybridized carbons (Fsp3) is 0.460. The van der Waals surface area contributed by atoms with E-state index in [0.29, 0.717) is 11.5 Å². The van der Waals surface area contributed by atoms with E-state index in [2.05, 4.69) is 36.4 Å². The van der Waals surface area contributed by atoms with Gasteiger partial charge in [0.1, 0.15) is 36.2 Å². The number of thiazole rings is 1. The molecule has 3 aliphatic carbocycles. The molecule has 2 N–H and O–H groups in total. The SMILES string of the molecule is COc1c(C[C@H](CC(=O)C(NC(=O)N2CCN(OCc3ccccc3)C(=O)C2=O)c2csc(NC(=O)OCc3ccccc3)n2)B2OC3C[C@H]4C[C@@H](C4(C)C)[C@]3(C)O2)cccc1C(=O)OC(C)(C)C. The molecule has 0 spiro atoms. The van der Waals surface area contributed by atoms with E-state index in [0.717, 1.165) is 45.3 Å². The first kappa shape index (κ1) is 49.3. The lowest BCUT2D eigenvalue weighted by atomic mass is 9.43. The Bertz CT molecular complexity index is 2570. The highest BCUT2D eigenvalue weighted by Gasteiger charge is 2.68. The number of carbonyl (C=O) groups excluding carboxylic acids is 6. The number of hydrogen-bond donors (Lipinski definition) is 2. The number of nitrogens with one attached hydrogen (secondary N) is 2. The molecule has 1 aromatic heterocycles. The molecule has 2 aliphatic heterocycles. The highest BCUT2D eigenvalue weighted by atomic mass is 32.1. The molecule has 19 heteroatoms. The number of rotatable bonds is 16. The molecule has 5 fully saturated rings. The van der Waals surface area contributed by atoms with Crippen molar-refractivity contribution in [3.8, 4) is 5.75 Å². The molecule has 3 aromatic carbocycles. The molecule has 2 saturated heterocycles. The van der Waals surface area contributed by atoms with Crippen LogP contribution in [0.3, 0.4) is 0 Å². The number of piperazine rings is 1. The van der Waals surface area contributed by atoms with Crippen LogP contribution in [0.5, 0.6) is 5.75 Å². The zero-order valence-corrected chi connectivity index (χ0v) is 40.7. The topological polar surface area (TPSA) is 201 Å². The van der Waals surface area contributed by atoms with Gasteiger partial charge in [-0.15, -0.1) is 11.3 Å². The third kappa shape index (κ3) is 10.7. The molecule has 6 atom stereocenters. The highest BCUT2D eigenvalue weighted by molar-refractivity contribution is 7.14. The van der Waals surface area contributed by atoms with Crippen molar-refractivity contribution < 1.29 is 57.1 Å². The Labute approximate surface area is 405 Å². The number of ether oxygens (including phenoxy) is 3. The van der Waals surface area contributed by atoms with E-state index in [9.17, 15) is 24.0 Å². The number of carbonyl (C=O) groups is 6. The van der Waals surface area contributed by atoms with Crippen LogP contribution >= 0.6 is 11.3 Å². The van der Waals surface area contributed by atoms with Gasteiger partial charge in [0.25, 0.3) is 0 Å². The number of anilines is 1. The van der Waals surface area contributed by atoms with E-state index < -0.39 is 65.9 Å². The summed E-state index contributed by atoms with van der Waals surface area (Å²) in [5, 5.41) is 7.78. The normalized spacial score (nSPS) is 22.5. The van der Waals surface area contributed by atoms with E-state index in [1.54, 1.807) is 39.0 Å². The Morgan fingerprint density at radius 2 is 1.61 bits per heavy atom. The second-order valence-corrected chi connectivity index (χ2v) is 20.6. The summed E-state index contributed by atoms with van der Waals surface area (Å²) >= 11 is 0.996. The molecular weight excluding hydrogens is 905 g/mol. The monoisotopic (exact) mass is 963 g/mol. The number of para-hydroxylation sites is 1. The van der Waals surface area contributed by atoms with Crippen LogP contribution in [0, 0.1) is 17.3 Å². The molecule has 17 nitrogen and oxygen atoms in total. The zero-order valence-electron chi connectivity index (χ0n) is 39.9. The average Bonchev–Trinajstić information content (AvgIpc) is 3.93.